The van der Waals surface area contributed by atoms with Crippen LogP contribution >= 0.6 is 11.3 Å². The third-order valence-corrected chi connectivity index (χ3v) is 5.70. The molecule has 3 amide bonds. The highest BCUT2D eigenvalue weighted by molar-refractivity contribution is 7.14. The summed E-state index contributed by atoms with van der Waals surface area (Å²) in [5.41, 5.74) is 1.63. The molecule has 2 aromatic heterocycles. The fourth-order valence-electron chi connectivity index (χ4n) is 3.28. The lowest BCUT2D eigenvalue weighted by atomic mass is 10.2. The Morgan fingerprint density at radius 2 is 2.07 bits per heavy atom. The van der Waals surface area contributed by atoms with E-state index in [0.717, 1.165) is 37.4 Å². The molecule has 2 aliphatic rings. The smallest absolute Gasteiger partial charge is 0.323 e. The number of hydrogen-bond acceptors (Lipinski definition) is 7. The molecule has 144 valence electrons. The molecular formula is C17H22N6O3S. The van der Waals surface area contributed by atoms with Gasteiger partial charge < -0.3 is 14.7 Å². The van der Waals surface area contributed by atoms with Crippen molar-refractivity contribution in [2.75, 3.05) is 44.2 Å². The zero-order valence-corrected chi connectivity index (χ0v) is 15.8. The first kappa shape index (κ1) is 17.9. The van der Waals surface area contributed by atoms with Gasteiger partial charge in [-0.25, -0.2) is 9.78 Å². The number of thiazole rings is 1. The van der Waals surface area contributed by atoms with Crippen LogP contribution in [0.2, 0.25) is 0 Å². The monoisotopic (exact) mass is 390 g/mol. The van der Waals surface area contributed by atoms with Crippen molar-refractivity contribution in [1.29, 1.82) is 0 Å². The third kappa shape index (κ3) is 4.28. The Hall–Kier alpha value is -2.46. The second-order valence-electron chi connectivity index (χ2n) is 6.68. The van der Waals surface area contributed by atoms with Crippen molar-refractivity contribution in [1.82, 2.24) is 25.3 Å². The number of aromatic nitrogens is 2. The van der Waals surface area contributed by atoms with Crippen LogP contribution in [-0.4, -0.2) is 71.1 Å². The van der Waals surface area contributed by atoms with E-state index in [-0.39, 0.29) is 18.4 Å². The van der Waals surface area contributed by atoms with Gasteiger partial charge in [-0.3, -0.25) is 14.6 Å². The van der Waals surface area contributed by atoms with Gasteiger partial charge in [0.2, 0.25) is 5.91 Å². The molecule has 27 heavy (non-hydrogen) atoms. The maximum Gasteiger partial charge on any atom is 0.323 e. The summed E-state index contributed by atoms with van der Waals surface area (Å²) in [7, 11) is 0. The molecule has 2 aliphatic heterocycles. The van der Waals surface area contributed by atoms with E-state index in [1.54, 1.807) is 11.2 Å². The first-order chi connectivity index (χ1) is 13.2. The molecule has 0 spiro atoms. The summed E-state index contributed by atoms with van der Waals surface area (Å²) in [5.74, 6) is 0.0797. The lowest BCUT2D eigenvalue weighted by molar-refractivity contribution is -0.132. The Bertz CT molecular complexity index is 784. The fourth-order valence-corrected chi connectivity index (χ4v) is 4.13. The normalized spacial score (nSPS) is 18.6. The molecule has 0 atom stereocenters. The summed E-state index contributed by atoms with van der Waals surface area (Å²) in [5, 5.41) is 9.28. The summed E-state index contributed by atoms with van der Waals surface area (Å²) in [4.78, 5) is 34.8. The maximum absolute atomic E-state index is 12.6. The maximum atomic E-state index is 12.6. The number of piperazine rings is 1. The molecule has 0 unspecified atom stereocenters. The summed E-state index contributed by atoms with van der Waals surface area (Å²) < 4.78 is 4.86. The topological polar surface area (TPSA) is 94.8 Å². The van der Waals surface area contributed by atoms with Crippen LogP contribution in [0.5, 0.6) is 0 Å². The van der Waals surface area contributed by atoms with Gasteiger partial charge in [-0.05, 0) is 6.42 Å². The Kier molecular flexibility index (Phi) is 5.35. The minimum absolute atomic E-state index is 0.0797. The van der Waals surface area contributed by atoms with Gasteiger partial charge in [-0.2, -0.15) is 0 Å². The van der Waals surface area contributed by atoms with E-state index in [9.17, 15) is 9.59 Å². The van der Waals surface area contributed by atoms with Crippen LogP contribution in [-0.2, 0) is 17.8 Å². The summed E-state index contributed by atoms with van der Waals surface area (Å²) in [6, 6.07) is 1.75. The van der Waals surface area contributed by atoms with Crippen molar-refractivity contribution in [3.8, 4) is 0 Å². The van der Waals surface area contributed by atoms with Gasteiger partial charge in [0.1, 0.15) is 6.26 Å². The molecule has 4 rings (SSSR count). The van der Waals surface area contributed by atoms with E-state index in [1.165, 1.54) is 11.3 Å². The van der Waals surface area contributed by atoms with Crippen LogP contribution in [0.4, 0.5) is 9.93 Å². The molecule has 1 N–H and O–H groups in total. The van der Waals surface area contributed by atoms with Crippen molar-refractivity contribution in [2.45, 2.75) is 19.4 Å². The van der Waals surface area contributed by atoms with Crippen molar-refractivity contribution >= 4 is 28.4 Å². The van der Waals surface area contributed by atoms with E-state index < -0.39 is 0 Å². The molecule has 2 saturated heterocycles. The zero-order chi connectivity index (χ0) is 18.6. The van der Waals surface area contributed by atoms with E-state index in [2.05, 4.69) is 20.4 Å². The summed E-state index contributed by atoms with van der Waals surface area (Å²) in [6.45, 7) is 5.13. The molecule has 0 bridgehead atoms. The Labute approximate surface area is 160 Å². The number of carbonyl (C=O) groups excluding carboxylic acids is 2. The molecule has 0 aromatic carbocycles. The van der Waals surface area contributed by atoms with E-state index in [1.807, 2.05) is 16.3 Å². The Morgan fingerprint density at radius 1 is 1.22 bits per heavy atom. The van der Waals surface area contributed by atoms with Gasteiger partial charge in [0.25, 0.3) is 0 Å². The van der Waals surface area contributed by atoms with Crippen molar-refractivity contribution in [2.24, 2.45) is 0 Å². The largest absolute Gasteiger partial charge is 0.364 e. The lowest BCUT2D eigenvalue weighted by Gasteiger charge is -2.34. The zero-order valence-electron chi connectivity index (χ0n) is 15.0. The van der Waals surface area contributed by atoms with Gasteiger partial charge in [-0.1, -0.05) is 5.16 Å². The number of nitrogens with one attached hydrogen (secondary N) is 1. The molecule has 2 fully saturated rings. The van der Waals surface area contributed by atoms with Gasteiger partial charge in [0.15, 0.2) is 5.13 Å². The van der Waals surface area contributed by atoms with E-state index in [4.69, 9.17) is 4.52 Å². The van der Waals surface area contributed by atoms with Gasteiger partial charge in [0, 0.05) is 57.3 Å². The molecule has 0 aliphatic carbocycles. The molecular weight excluding hydrogens is 368 g/mol. The van der Waals surface area contributed by atoms with Crippen molar-refractivity contribution < 1.29 is 14.1 Å². The summed E-state index contributed by atoms with van der Waals surface area (Å²) in [6.07, 6.45) is 2.75. The van der Waals surface area contributed by atoms with Gasteiger partial charge >= 0.3 is 6.03 Å². The second kappa shape index (κ2) is 8.05. The predicted molar refractivity (Wildman–Crippen MR) is 99.5 cm³/mol. The number of hydrogen-bond donors (Lipinski definition) is 1. The van der Waals surface area contributed by atoms with Crippen LogP contribution in [0.15, 0.2) is 22.2 Å². The number of carbonyl (C=O) groups is 2. The Balaban J connectivity index is 1.28. The number of rotatable bonds is 5. The highest BCUT2D eigenvalue weighted by Gasteiger charge is 2.25. The van der Waals surface area contributed by atoms with Gasteiger partial charge in [0.05, 0.1) is 17.8 Å². The van der Waals surface area contributed by atoms with Crippen LogP contribution in [0.3, 0.4) is 0 Å². The minimum atomic E-state index is -0.114. The van der Waals surface area contributed by atoms with E-state index in [0.29, 0.717) is 31.3 Å². The van der Waals surface area contributed by atoms with Crippen LogP contribution < -0.4 is 10.2 Å². The predicted octanol–water partition coefficient (Wildman–Crippen LogP) is 0.938. The lowest BCUT2D eigenvalue weighted by Crippen LogP contribution is -2.48. The average molecular weight is 390 g/mol. The number of anilines is 1. The van der Waals surface area contributed by atoms with Crippen LogP contribution in [0.1, 0.15) is 17.8 Å². The Morgan fingerprint density at radius 3 is 2.81 bits per heavy atom. The van der Waals surface area contributed by atoms with Crippen molar-refractivity contribution in [3.05, 3.63) is 29.1 Å². The number of nitrogens with zero attached hydrogens (tertiary/aromatic N) is 5. The fraction of sp³-hybridized carbons (Fsp3) is 0.529. The molecule has 0 saturated carbocycles. The van der Waals surface area contributed by atoms with Crippen LogP contribution in [0.25, 0.3) is 0 Å². The third-order valence-electron chi connectivity index (χ3n) is 4.78. The van der Waals surface area contributed by atoms with Gasteiger partial charge in [-0.15, -0.1) is 11.3 Å². The highest BCUT2D eigenvalue weighted by atomic mass is 32.1. The van der Waals surface area contributed by atoms with Crippen LogP contribution in [0, 0.1) is 0 Å². The molecule has 0 radical (unpaired) electrons. The first-order valence-corrected chi connectivity index (χ1v) is 9.96. The SMILES string of the molecule is O=C(Cc1csc(N2CCCNC2=O)n1)N1CCN(Cc2ccon2)CC1. The number of amides is 3. The highest BCUT2D eigenvalue weighted by Crippen LogP contribution is 2.23. The second-order valence-corrected chi connectivity index (χ2v) is 7.52. The first-order valence-electron chi connectivity index (χ1n) is 9.08. The molecule has 4 heterocycles. The quantitative estimate of drug-likeness (QED) is 0.816. The molecule has 9 nitrogen and oxygen atoms in total. The minimum Gasteiger partial charge on any atom is -0.364 e. The number of urea groups is 1. The van der Waals surface area contributed by atoms with Crippen molar-refractivity contribution in [3.63, 3.8) is 0 Å². The molecule has 10 heteroatoms. The molecule has 2 aromatic rings. The van der Waals surface area contributed by atoms with E-state index >= 15 is 0 Å². The summed E-state index contributed by atoms with van der Waals surface area (Å²) >= 11 is 1.41. The average Bonchev–Trinajstić information content (AvgIpc) is 3.35. The standard InChI is InChI=1S/C17H22N6O3S/c24-15(22-7-5-21(6-8-22)11-13-2-9-26-20-13)10-14-12-27-17(19-14)23-4-1-3-18-16(23)25/h2,9,12H,1,3-8,10-11H2,(H,18,25).